The van der Waals surface area contributed by atoms with Gasteiger partial charge in [0.05, 0.1) is 19.8 Å². The number of ether oxygens (including phenoxy) is 2. The zero-order valence-corrected chi connectivity index (χ0v) is 38.2. The van der Waals surface area contributed by atoms with Crippen LogP contribution >= 0.6 is 7.82 Å². The molecular formula is C47H89O10P. The van der Waals surface area contributed by atoms with Crippen molar-refractivity contribution in [3.05, 3.63) is 24.3 Å². The molecule has 0 bridgehead atoms. The van der Waals surface area contributed by atoms with Gasteiger partial charge in [-0.2, -0.15) is 0 Å². The summed E-state index contributed by atoms with van der Waals surface area (Å²) in [6.07, 6.45) is 44.3. The van der Waals surface area contributed by atoms with Crippen molar-refractivity contribution < 1.29 is 47.8 Å². The van der Waals surface area contributed by atoms with Gasteiger partial charge in [-0.1, -0.05) is 199 Å². The summed E-state index contributed by atoms with van der Waals surface area (Å²) in [6, 6.07) is 0. The topological polar surface area (TPSA) is 149 Å². The minimum Gasteiger partial charge on any atom is -0.462 e. The monoisotopic (exact) mass is 845 g/mol. The molecule has 0 aliphatic heterocycles. The number of carbonyl (C=O) groups excluding carboxylic acids is 2. The Bertz CT molecular complexity index is 1020. The first kappa shape index (κ1) is 56.5. The lowest BCUT2D eigenvalue weighted by atomic mass is 10.0. The highest BCUT2D eigenvalue weighted by Crippen LogP contribution is 2.43. The summed E-state index contributed by atoms with van der Waals surface area (Å²) < 4.78 is 32.8. The Balaban J connectivity index is 4.17. The molecule has 0 radical (unpaired) electrons. The number of hydrogen-bond donors (Lipinski definition) is 3. The fraction of sp³-hybridized carbons (Fsp3) is 0.872. The molecule has 0 aliphatic carbocycles. The third kappa shape index (κ3) is 42.6. The lowest BCUT2D eigenvalue weighted by Gasteiger charge is -2.20. The second-order valence-corrected chi connectivity index (χ2v) is 17.6. The van der Waals surface area contributed by atoms with Crippen molar-refractivity contribution >= 4 is 19.8 Å². The van der Waals surface area contributed by atoms with Gasteiger partial charge in [-0.05, 0) is 38.5 Å². The first-order valence-corrected chi connectivity index (χ1v) is 25.3. The number of hydrogen-bond acceptors (Lipinski definition) is 9. The molecule has 0 aliphatic rings. The molecule has 3 unspecified atom stereocenters. The predicted molar refractivity (Wildman–Crippen MR) is 238 cm³/mol. The quantitative estimate of drug-likeness (QED) is 0.0234. The molecule has 58 heavy (non-hydrogen) atoms. The van der Waals surface area contributed by atoms with Crippen LogP contribution in [-0.4, -0.2) is 65.7 Å². The Morgan fingerprint density at radius 2 is 0.914 bits per heavy atom. The predicted octanol–water partition coefficient (Wildman–Crippen LogP) is 13.0. The standard InChI is InChI=1S/C47H89O10P/c1-3-5-7-9-11-13-15-17-19-20-21-22-23-24-25-27-28-30-32-34-36-38-46(50)54-42-45(43-56-58(52,53)55-41-44(49)40-48)57-47(51)39-37-35-33-31-29-26-18-16-14-12-10-8-6-4-2/h10,12,16,18,44-45,48-49H,3-9,11,13-15,17,19-43H2,1-2H3,(H,52,53)/b12-10-,18-16-. The van der Waals surface area contributed by atoms with Crippen LogP contribution in [0.3, 0.4) is 0 Å². The number of aliphatic hydroxyl groups excluding tert-OH is 2. The van der Waals surface area contributed by atoms with Crippen molar-refractivity contribution in [1.29, 1.82) is 0 Å². The van der Waals surface area contributed by atoms with Gasteiger partial charge in [-0.25, -0.2) is 4.57 Å². The molecule has 3 N–H and O–H groups in total. The van der Waals surface area contributed by atoms with Crippen LogP contribution in [-0.2, 0) is 32.7 Å². The Hall–Kier alpha value is -1.55. The van der Waals surface area contributed by atoms with Crippen LogP contribution in [0.15, 0.2) is 24.3 Å². The molecule has 0 fully saturated rings. The van der Waals surface area contributed by atoms with E-state index >= 15 is 0 Å². The highest BCUT2D eigenvalue weighted by molar-refractivity contribution is 7.47. The summed E-state index contributed by atoms with van der Waals surface area (Å²) in [5, 5.41) is 18.4. The van der Waals surface area contributed by atoms with E-state index in [0.717, 1.165) is 64.2 Å². The van der Waals surface area contributed by atoms with Gasteiger partial charge in [0.25, 0.3) is 0 Å². The number of rotatable bonds is 45. The summed E-state index contributed by atoms with van der Waals surface area (Å²) in [4.78, 5) is 35.0. The van der Waals surface area contributed by atoms with Gasteiger partial charge in [0.2, 0.25) is 0 Å². The molecule has 11 heteroatoms. The van der Waals surface area contributed by atoms with Gasteiger partial charge in [-0.15, -0.1) is 0 Å². The van der Waals surface area contributed by atoms with E-state index in [1.54, 1.807) is 0 Å². The second kappa shape index (κ2) is 43.5. The fourth-order valence-corrected chi connectivity index (χ4v) is 7.45. The number of unbranched alkanes of at least 4 members (excludes halogenated alkanes) is 27. The summed E-state index contributed by atoms with van der Waals surface area (Å²) in [5.41, 5.74) is 0. The van der Waals surface area contributed by atoms with Crippen LogP contribution in [0.2, 0.25) is 0 Å². The van der Waals surface area contributed by atoms with Gasteiger partial charge < -0.3 is 24.6 Å². The Morgan fingerprint density at radius 1 is 0.517 bits per heavy atom. The van der Waals surface area contributed by atoms with E-state index in [1.165, 1.54) is 122 Å². The molecule has 0 aromatic carbocycles. The van der Waals surface area contributed by atoms with E-state index in [0.29, 0.717) is 12.8 Å². The molecule has 0 heterocycles. The normalized spacial score (nSPS) is 13.9. The maximum absolute atomic E-state index is 12.6. The number of phosphoric acid groups is 1. The van der Waals surface area contributed by atoms with E-state index in [1.807, 2.05) is 0 Å². The van der Waals surface area contributed by atoms with E-state index < -0.39 is 51.8 Å². The van der Waals surface area contributed by atoms with Crippen LogP contribution in [0.4, 0.5) is 0 Å². The molecule has 3 atom stereocenters. The molecule has 342 valence electrons. The average Bonchev–Trinajstić information content (AvgIpc) is 3.21. The van der Waals surface area contributed by atoms with Crippen LogP contribution in [0.1, 0.15) is 226 Å². The third-order valence-electron chi connectivity index (χ3n) is 10.4. The van der Waals surface area contributed by atoms with Gasteiger partial charge in [0.1, 0.15) is 12.7 Å². The largest absolute Gasteiger partial charge is 0.472 e. The van der Waals surface area contributed by atoms with Crippen LogP contribution in [0, 0.1) is 0 Å². The molecule has 0 aromatic rings. The summed E-state index contributed by atoms with van der Waals surface area (Å²) in [5.74, 6) is -0.931. The van der Waals surface area contributed by atoms with Crippen molar-refractivity contribution in [1.82, 2.24) is 0 Å². The lowest BCUT2D eigenvalue weighted by Crippen LogP contribution is -2.29. The smallest absolute Gasteiger partial charge is 0.462 e. The summed E-state index contributed by atoms with van der Waals surface area (Å²) in [7, 11) is -4.62. The van der Waals surface area contributed by atoms with Gasteiger partial charge in [0.15, 0.2) is 6.10 Å². The van der Waals surface area contributed by atoms with Crippen LogP contribution < -0.4 is 0 Å². The van der Waals surface area contributed by atoms with Crippen LogP contribution in [0.5, 0.6) is 0 Å². The fourth-order valence-electron chi connectivity index (χ4n) is 6.66. The molecule has 0 amide bonds. The second-order valence-electron chi connectivity index (χ2n) is 16.1. The maximum atomic E-state index is 12.6. The van der Waals surface area contributed by atoms with Crippen molar-refractivity contribution in [3.63, 3.8) is 0 Å². The van der Waals surface area contributed by atoms with Crippen molar-refractivity contribution in [3.8, 4) is 0 Å². The van der Waals surface area contributed by atoms with E-state index in [4.69, 9.17) is 23.6 Å². The van der Waals surface area contributed by atoms with Gasteiger partial charge in [-0.3, -0.25) is 18.6 Å². The molecule has 0 saturated heterocycles. The number of aliphatic hydroxyl groups is 2. The first-order chi connectivity index (χ1) is 28.2. The maximum Gasteiger partial charge on any atom is 0.472 e. The molecule has 10 nitrogen and oxygen atoms in total. The number of esters is 2. The highest BCUT2D eigenvalue weighted by atomic mass is 31.2. The lowest BCUT2D eigenvalue weighted by molar-refractivity contribution is -0.161. The number of allylic oxidation sites excluding steroid dienone is 4. The molecule has 0 aromatic heterocycles. The van der Waals surface area contributed by atoms with Crippen molar-refractivity contribution in [2.75, 3.05) is 26.4 Å². The van der Waals surface area contributed by atoms with E-state index in [9.17, 15) is 24.2 Å². The zero-order valence-electron chi connectivity index (χ0n) is 37.3. The minimum absolute atomic E-state index is 0.171. The average molecular weight is 845 g/mol. The van der Waals surface area contributed by atoms with Crippen LogP contribution in [0.25, 0.3) is 0 Å². The number of phosphoric ester groups is 1. The van der Waals surface area contributed by atoms with Gasteiger partial charge in [0, 0.05) is 12.8 Å². The Labute approximate surface area is 355 Å². The minimum atomic E-state index is -4.62. The highest BCUT2D eigenvalue weighted by Gasteiger charge is 2.27. The summed E-state index contributed by atoms with van der Waals surface area (Å²) >= 11 is 0. The zero-order chi connectivity index (χ0) is 42.6. The van der Waals surface area contributed by atoms with Crippen molar-refractivity contribution in [2.45, 2.75) is 238 Å². The third-order valence-corrected chi connectivity index (χ3v) is 11.3. The number of carbonyl (C=O) groups is 2. The molecule has 0 saturated carbocycles. The van der Waals surface area contributed by atoms with Crippen molar-refractivity contribution in [2.24, 2.45) is 0 Å². The van der Waals surface area contributed by atoms with E-state index in [-0.39, 0.29) is 19.4 Å². The molecular weight excluding hydrogens is 755 g/mol. The first-order valence-electron chi connectivity index (χ1n) is 23.8. The Morgan fingerprint density at radius 3 is 1.38 bits per heavy atom. The molecule has 0 rings (SSSR count). The van der Waals surface area contributed by atoms with E-state index in [2.05, 4.69) is 38.2 Å². The summed E-state index contributed by atoms with van der Waals surface area (Å²) in [6.45, 7) is 2.36. The SMILES string of the molecule is CCCC/C=C\C/C=C\CCCCCCCC(=O)OC(COC(=O)CCCCCCCCCCCCCCCCCCCCCCC)COP(=O)(O)OCC(O)CO. The van der Waals surface area contributed by atoms with Gasteiger partial charge >= 0.3 is 19.8 Å². The molecule has 0 spiro atoms. The Kier molecular flexibility index (Phi) is 42.4.